The third-order valence-corrected chi connectivity index (χ3v) is 9.37. The monoisotopic (exact) mass is 891 g/mol. The molecule has 1 aromatic carbocycles. The van der Waals surface area contributed by atoms with Crippen LogP contribution in [0.5, 0.6) is 0 Å². The van der Waals surface area contributed by atoms with Crippen molar-refractivity contribution in [3.63, 3.8) is 0 Å². The standard InChI is InChI=1S/C37H53N11O15/c38-19(10-11-26(39)49)35(61)48-13-5-9-25(48)34(60)46-21(14-18-6-2-1-3-7-18)31(57)44-23(16-28(52)53)33(59)45-22(15-27(50)51)32(58)43-20(8-4-12-42-37(40)41)30(56)47-24(36(62)63)17-29(54)55/h1-3,6-7,19-25H,4-5,8-17,38H2,(H2,39,49)(H,43,58)(H,44,57)(H,45,59)(H,46,60)(H,47,56)(H,50,51)(H,52,53)(H,54,55)(H,62,63)(H4,40,41,42)/t19-,20-,21-,22-,23-,24-,25-/m0/s1. The average Bonchev–Trinajstić information content (AvgIpc) is 3.69. The molecule has 1 heterocycles. The number of likely N-dealkylation sites (tertiary alicyclic amines) is 1. The predicted molar refractivity (Wildman–Crippen MR) is 215 cm³/mol. The van der Waals surface area contributed by atoms with Gasteiger partial charge in [0.15, 0.2) is 5.96 Å². The van der Waals surface area contributed by atoms with Crippen LogP contribution in [0.2, 0.25) is 0 Å². The molecule has 0 bridgehead atoms. The van der Waals surface area contributed by atoms with Crippen LogP contribution in [0, 0.1) is 0 Å². The number of guanidine groups is 1. The van der Waals surface area contributed by atoms with E-state index < -0.39 is 127 Å². The zero-order chi connectivity index (χ0) is 47.4. The molecular formula is C37H53N11O15. The summed E-state index contributed by atoms with van der Waals surface area (Å²) in [5, 5.41) is 48.7. The number of benzene rings is 1. The molecule has 1 saturated heterocycles. The number of nitrogens with zero attached hydrogens (tertiary/aromatic N) is 2. The van der Waals surface area contributed by atoms with E-state index in [1.165, 1.54) is 4.90 Å². The summed E-state index contributed by atoms with van der Waals surface area (Å²) < 4.78 is 0. The second-order valence-corrected chi connectivity index (χ2v) is 14.4. The van der Waals surface area contributed by atoms with Gasteiger partial charge in [0.25, 0.3) is 0 Å². The number of nitrogens with one attached hydrogen (secondary N) is 5. The van der Waals surface area contributed by atoms with E-state index in [9.17, 15) is 68.1 Å². The van der Waals surface area contributed by atoms with Crippen molar-refractivity contribution in [2.75, 3.05) is 13.1 Å². The van der Waals surface area contributed by atoms with Gasteiger partial charge in [-0.15, -0.1) is 0 Å². The molecule has 0 aromatic heterocycles. The zero-order valence-corrected chi connectivity index (χ0v) is 33.9. The van der Waals surface area contributed by atoms with Crippen LogP contribution in [0.25, 0.3) is 0 Å². The van der Waals surface area contributed by atoms with Crippen LogP contribution in [-0.4, -0.2) is 152 Å². The number of carbonyl (C=O) groups excluding carboxylic acids is 7. The highest BCUT2D eigenvalue weighted by molar-refractivity contribution is 5.99. The Morgan fingerprint density at radius 2 is 1.16 bits per heavy atom. The number of rotatable bonds is 27. The van der Waals surface area contributed by atoms with Crippen molar-refractivity contribution in [2.24, 2.45) is 27.9 Å². The molecule has 0 saturated carbocycles. The highest BCUT2D eigenvalue weighted by Crippen LogP contribution is 2.20. The lowest BCUT2D eigenvalue weighted by Crippen LogP contribution is -2.60. The number of carbonyl (C=O) groups is 11. The summed E-state index contributed by atoms with van der Waals surface area (Å²) in [5.74, 6) is -14.2. The fourth-order valence-electron chi connectivity index (χ4n) is 6.27. The van der Waals surface area contributed by atoms with E-state index in [0.717, 1.165) is 0 Å². The lowest BCUT2D eigenvalue weighted by molar-refractivity contribution is -0.147. The first-order valence-corrected chi connectivity index (χ1v) is 19.4. The van der Waals surface area contributed by atoms with Crippen LogP contribution >= 0.6 is 0 Å². The van der Waals surface area contributed by atoms with E-state index in [4.69, 9.17) is 28.0 Å². The Bertz CT molecular complexity index is 1890. The highest BCUT2D eigenvalue weighted by atomic mass is 16.4. The molecule has 1 fully saturated rings. The van der Waals surface area contributed by atoms with Crippen molar-refractivity contribution in [2.45, 2.75) is 107 Å². The van der Waals surface area contributed by atoms with Crippen LogP contribution in [0.15, 0.2) is 35.3 Å². The highest BCUT2D eigenvalue weighted by Gasteiger charge is 2.39. The number of carboxylic acids is 4. The molecule has 0 radical (unpaired) electrons. The quantitative estimate of drug-likeness (QED) is 0.0223. The summed E-state index contributed by atoms with van der Waals surface area (Å²) in [6, 6.07) is -3.39. The summed E-state index contributed by atoms with van der Waals surface area (Å²) in [4.78, 5) is 144. The maximum atomic E-state index is 13.9. The molecule has 0 spiro atoms. The van der Waals surface area contributed by atoms with Gasteiger partial charge < -0.3 is 74.8 Å². The fraction of sp³-hybridized carbons (Fsp3) is 0.514. The molecule has 17 N–H and O–H groups in total. The van der Waals surface area contributed by atoms with Crippen LogP contribution in [0.3, 0.4) is 0 Å². The van der Waals surface area contributed by atoms with Crippen molar-refractivity contribution in [1.82, 2.24) is 31.5 Å². The number of aliphatic imine (C=N–C) groups is 1. The number of carboxylic acid groups (broad SMARTS) is 4. The van der Waals surface area contributed by atoms with Gasteiger partial charge >= 0.3 is 23.9 Å². The van der Waals surface area contributed by atoms with E-state index in [1.54, 1.807) is 30.3 Å². The van der Waals surface area contributed by atoms with E-state index in [0.29, 0.717) is 12.0 Å². The number of aliphatic carboxylic acids is 4. The molecule has 0 aliphatic carbocycles. The molecule has 1 aliphatic rings. The number of nitrogens with two attached hydrogens (primary N) is 4. The number of hydrogen-bond donors (Lipinski definition) is 13. The molecule has 7 amide bonds. The molecule has 26 heteroatoms. The molecule has 346 valence electrons. The summed E-state index contributed by atoms with van der Waals surface area (Å²) in [7, 11) is 0. The van der Waals surface area contributed by atoms with Gasteiger partial charge in [0.05, 0.1) is 25.3 Å². The van der Waals surface area contributed by atoms with Gasteiger partial charge in [-0.2, -0.15) is 0 Å². The van der Waals surface area contributed by atoms with Crippen molar-refractivity contribution < 1.29 is 73.2 Å². The van der Waals surface area contributed by atoms with E-state index >= 15 is 0 Å². The van der Waals surface area contributed by atoms with E-state index in [2.05, 4.69) is 26.3 Å². The molecule has 0 unspecified atom stereocenters. The van der Waals surface area contributed by atoms with Crippen molar-refractivity contribution in [3.8, 4) is 0 Å². The Morgan fingerprint density at radius 3 is 1.67 bits per heavy atom. The molecule has 26 nitrogen and oxygen atoms in total. The number of hydrogen-bond acceptors (Lipinski definition) is 13. The minimum Gasteiger partial charge on any atom is -0.481 e. The first-order chi connectivity index (χ1) is 29.6. The third kappa shape index (κ3) is 18.4. The second kappa shape index (κ2) is 25.4. The summed E-state index contributed by atoms with van der Waals surface area (Å²) in [6.45, 7) is 0.0142. The SMILES string of the molecule is NC(=O)CC[C@H](N)C(=O)N1CCC[C@H]1C(=O)N[C@@H](Cc1ccccc1)C(=O)N[C@@H](CC(=O)O)C(=O)N[C@@H](CC(=O)O)C(=O)N[C@@H](CCCN=C(N)N)C(=O)N[C@@H](CC(=O)O)C(=O)O. The summed E-state index contributed by atoms with van der Waals surface area (Å²) >= 11 is 0. The van der Waals surface area contributed by atoms with Gasteiger partial charge in [-0.05, 0) is 37.7 Å². The molecule has 2 rings (SSSR count). The lowest BCUT2D eigenvalue weighted by Gasteiger charge is -2.29. The Kier molecular flexibility index (Phi) is 20.9. The maximum absolute atomic E-state index is 13.9. The van der Waals surface area contributed by atoms with Gasteiger partial charge in [0, 0.05) is 25.9 Å². The van der Waals surface area contributed by atoms with Crippen LogP contribution < -0.4 is 49.5 Å². The van der Waals surface area contributed by atoms with Gasteiger partial charge in [-0.25, -0.2) is 4.79 Å². The van der Waals surface area contributed by atoms with Crippen LogP contribution in [0.1, 0.15) is 63.4 Å². The molecule has 63 heavy (non-hydrogen) atoms. The lowest BCUT2D eigenvalue weighted by atomic mass is 10.0. The molecular weight excluding hydrogens is 838 g/mol. The predicted octanol–water partition coefficient (Wildman–Crippen LogP) is -5.20. The van der Waals surface area contributed by atoms with Gasteiger partial charge in [0.2, 0.25) is 41.4 Å². The molecule has 1 aliphatic heterocycles. The maximum Gasteiger partial charge on any atom is 0.326 e. The normalized spacial score (nSPS) is 16.0. The molecule has 1 aromatic rings. The smallest absolute Gasteiger partial charge is 0.326 e. The summed E-state index contributed by atoms with van der Waals surface area (Å²) in [6.07, 6.45) is -3.68. The third-order valence-electron chi connectivity index (χ3n) is 9.37. The second-order valence-electron chi connectivity index (χ2n) is 14.4. The Hall–Kier alpha value is -7.38. The van der Waals surface area contributed by atoms with Gasteiger partial charge in [-0.1, -0.05) is 30.3 Å². The largest absolute Gasteiger partial charge is 0.481 e. The van der Waals surface area contributed by atoms with Crippen LogP contribution in [0.4, 0.5) is 0 Å². The van der Waals surface area contributed by atoms with E-state index in [-0.39, 0.29) is 57.6 Å². The topological polar surface area (TPSA) is 449 Å². The Morgan fingerprint density at radius 1 is 0.667 bits per heavy atom. The first kappa shape index (κ1) is 51.8. The van der Waals surface area contributed by atoms with Crippen molar-refractivity contribution in [3.05, 3.63) is 35.9 Å². The van der Waals surface area contributed by atoms with Gasteiger partial charge in [0.1, 0.15) is 36.3 Å². The number of amides is 7. The van der Waals surface area contributed by atoms with Crippen molar-refractivity contribution >= 4 is 71.2 Å². The van der Waals surface area contributed by atoms with Gasteiger partial charge in [-0.3, -0.25) is 52.9 Å². The minimum absolute atomic E-state index is 0.0458. The first-order valence-electron chi connectivity index (χ1n) is 19.4. The fourth-order valence-corrected chi connectivity index (χ4v) is 6.27. The Balaban J connectivity index is 2.38. The van der Waals surface area contributed by atoms with E-state index in [1.807, 2.05) is 5.32 Å². The number of primary amides is 1. The minimum atomic E-state index is -2.06. The average molecular weight is 892 g/mol. The molecule has 7 atom stereocenters. The summed E-state index contributed by atoms with van der Waals surface area (Å²) in [5.41, 5.74) is 22.2. The Labute approximate surface area is 358 Å². The van der Waals surface area contributed by atoms with Crippen molar-refractivity contribution in [1.29, 1.82) is 0 Å². The van der Waals surface area contributed by atoms with Crippen LogP contribution in [-0.2, 0) is 59.2 Å². The zero-order valence-electron chi connectivity index (χ0n) is 33.9.